The predicted octanol–water partition coefficient (Wildman–Crippen LogP) is 4.62. The molecular formula is C44H68N6O8. The molecule has 3 aliphatic rings. The Morgan fingerprint density at radius 3 is 2.14 bits per heavy atom. The third-order valence-corrected chi connectivity index (χ3v) is 12.0. The molecular weight excluding hydrogens is 741 g/mol. The zero-order chi connectivity index (χ0) is 43.1. The largest absolute Gasteiger partial charge is 0.444 e. The van der Waals surface area contributed by atoms with Gasteiger partial charge in [-0.25, -0.2) is 4.79 Å². The molecule has 14 nitrogen and oxygen atoms in total. The van der Waals surface area contributed by atoms with E-state index >= 15 is 4.79 Å². The lowest BCUT2D eigenvalue weighted by molar-refractivity contribution is -0.147. The van der Waals surface area contributed by atoms with Gasteiger partial charge in [0.05, 0.1) is 12.6 Å². The molecule has 0 radical (unpaired) electrons. The third-order valence-electron chi connectivity index (χ3n) is 12.0. The van der Waals surface area contributed by atoms with Crippen molar-refractivity contribution in [3.63, 3.8) is 0 Å². The van der Waals surface area contributed by atoms with Gasteiger partial charge in [0.1, 0.15) is 23.7 Å². The van der Waals surface area contributed by atoms with E-state index in [9.17, 15) is 28.8 Å². The van der Waals surface area contributed by atoms with Crippen molar-refractivity contribution in [2.24, 2.45) is 29.1 Å². The number of hydrogen-bond acceptors (Lipinski definition) is 8. The van der Waals surface area contributed by atoms with Gasteiger partial charge in [-0.2, -0.15) is 0 Å². The molecule has 1 heterocycles. The van der Waals surface area contributed by atoms with E-state index in [0.717, 1.165) is 32.1 Å². The minimum atomic E-state index is -1.20. The lowest BCUT2D eigenvalue weighted by Crippen LogP contribution is -2.61. The molecule has 0 bridgehead atoms. The summed E-state index contributed by atoms with van der Waals surface area (Å²) in [6.07, 6.45) is 5.23. The first-order valence-corrected chi connectivity index (χ1v) is 21.2. The number of carbonyl (C=O) groups is 7. The number of benzene rings is 1. The highest BCUT2D eigenvalue weighted by Crippen LogP contribution is 2.65. The highest BCUT2D eigenvalue weighted by atomic mass is 16.6. The predicted molar refractivity (Wildman–Crippen MR) is 220 cm³/mol. The molecule has 2 aliphatic carbocycles. The molecule has 1 aromatic carbocycles. The first kappa shape index (κ1) is 46.2. The fourth-order valence-electron chi connectivity index (χ4n) is 8.71. The van der Waals surface area contributed by atoms with Crippen LogP contribution in [0, 0.1) is 29.1 Å². The second-order valence-corrected chi connectivity index (χ2v) is 18.6. The van der Waals surface area contributed by atoms with E-state index in [1.165, 1.54) is 4.90 Å². The van der Waals surface area contributed by atoms with Crippen molar-refractivity contribution in [3.05, 3.63) is 35.9 Å². The number of fused-ring (bicyclic) bond motifs is 1. The van der Waals surface area contributed by atoms with E-state index in [1.807, 2.05) is 6.92 Å². The van der Waals surface area contributed by atoms with Crippen molar-refractivity contribution in [1.29, 1.82) is 0 Å². The van der Waals surface area contributed by atoms with Crippen LogP contribution in [-0.2, 0) is 33.5 Å². The number of hydrogen-bond donors (Lipinski definition) is 3. The Balaban J connectivity index is 1.53. The molecule has 3 N–H and O–H groups in total. The highest BCUT2D eigenvalue weighted by Gasteiger charge is 2.70. The van der Waals surface area contributed by atoms with Crippen molar-refractivity contribution in [2.75, 3.05) is 33.7 Å². The lowest BCUT2D eigenvalue weighted by Gasteiger charge is -2.42. The Labute approximate surface area is 344 Å². The maximum atomic E-state index is 15.0. The van der Waals surface area contributed by atoms with Crippen molar-refractivity contribution in [1.82, 2.24) is 30.7 Å². The van der Waals surface area contributed by atoms with Gasteiger partial charge >= 0.3 is 6.09 Å². The zero-order valence-corrected chi connectivity index (χ0v) is 36.4. The number of ether oxygens (including phenoxy) is 1. The van der Waals surface area contributed by atoms with Gasteiger partial charge in [-0.3, -0.25) is 33.7 Å². The first-order valence-electron chi connectivity index (χ1n) is 21.2. The van der Waals surface area contributed by atoms with Crippen LogP contribution in [0.25, 0.3) is 0 Å². The standard InChI is InChI=1S/C44H68N6O8/c1-11-18-31(37(52)39(54)45-25-32(51)47-34(40(55)48(9)10)28-19-14-12-15-20-28)46-38(53)36-33-30(44(33,7)8)26-50(36)41(56)35(29-21-16-13-17-22-29)49(24-23-27(2)3)42(57)58-43(4,5)6/h12,14-15,19-20,27,29-31,33-36H,11,13,16-18,21-26H2,1-10H3,(H,45,54)(H,46,53)(H,47,51)/t30-,31?,33-,34-,35-,36-/m0/s1. The second-order valence-electron chi connectivity index (χ2n) is 18.6. The van der Waals surface area contributed by atoms with Crippen LogP contribution in [-0.4, -0.2) is 114 Å². The molecule has 0 aromatic heterocycles. The molecule has 2 saturated carbocycles. The van der Waals surface area contributed by atoms with Crippen LogP contribution < -0.4 is 16.0 Å². The van der Waals surface area contributed by atoms with Crippen LogP contribution in [0.5, 0.6) is 0 Å². The van der Waals surface area contributed by atoms with Gasteiger partial charge in [-0.05, 0) is 81.1 Å². The van der Waals surface area contributed by atoms with Crippen LogP contribution in [0.3, 0.4) is 0 Å². The maximum Gasteiger partial charge on any atom is 0.410 e. The summed E-state index contributed by atoms with van der Waals surface area (Å²) in [5.41, 5.74) is -0.453. The Morgan fingerprint density at radius 1 is 0.931 bits per heavy atom. The summed E-state index contributed by atoms with van der Waals surface area (Å²) >= 11 is 0. The molecule has 4 rings (SSSR count). The number of piperidine rings is 1. The Hall–Kier alpha value is -4.49. The van der Waals surface area contributed by atoms with Crippen molar-refractivity contribution in [2.45, 2.75) is 137 Å². The number of amides is 6. The van der Waals surface area contributed by atoms with Gasteiger partial charge in [0.15, 0.2) is 0 Å². The van der Waals surface area contributed by atoms with E-state index < -0.39 is 65.9 Å². The fraction of sp³-hybridized carbons (Fsp3) is 0.705. The molecule has 58 heavy (non-hydrogen) atoms. The van der Waals surface area contributed by atoms with Gasteiger partial charge < -0.3 is 30.5 Å². The Kier molecular flexibility index (Phi) is 15.5. The summed E-state index contributed by atoms with van der Waals surface area (Å²) in [6.45, 7) is 15.6. The van der Waals surface area contributed by atoms with Crippen LogP contribution in [0.1, 0.15) is 118 Å². The SMILES string of the molecule is CCCC(NC(=O)[C@@H]1[C@@H]2[C@H](CN1C(=O)[C@H](C1CCCCC1)N(CCC(C)C)C(=O)OC(C)(C)C)C2(C)C)C(=O)C(=O)NCC(=O)N[C@H](C(=O)N(C)C)c1ccccc1. The van der Waals surface area contributed by atoms with E-state index in [4.69, 9.17) is 4.74 Å². The van der Waals surface area contributed by atoms with E-state index in [1.54, 1.807) is 75.0 Å². The molecule has 14 heteroatoms. The number of nitrogens with one attached hydrogen (secondary N) is 3. The second kappa shape index (κ2) is 19.5. The average Bonchev–Trinajstić information content (AvgIpc) is 3.46. The number of rotatable bonds is 17. The van der Waals surface area contributed by atoms with Crippen LogP contribution >= 0.6 is 0 Å². The van der Waals surface area contributed by atoms with Gasteiger partial charge in [-0.15, -0.1) is 0 Å². The van der Waals surface area contributed by atoms with Gasteiger partial charge in [-0.1, -0.05) is 90.6 Å². The summed E-state index contributed by atoms with van der Waals surface area (Å²) < 4.78 is 5.90. The molecule has 322 valence electrons. The van der Waals surface area contributed by atoms with Crippen molar-refractivity contribution < 1.29 is 38.3 Å². The minimum Gasteiger partial charge on any atom is -0.444 e. The molecule has 1 saturated heterocycles. The van der Waals surface area contributed by atoms with Crippen LogP contribution in [0.4, 0.5) is 4.79 Å². The average molecular weight is 809 g/mol. The quantitative estimate of drug-likeness (QED) is 0.191. The summed E-state index contributed by atoms with van der Waals surface area (Å²) in [5, 5.41) is 7.84. The van der Waals surface area contributed by atoms with E-state index in [2.05, 4.69) is 43.6 Å². The lowest BCUT2D eigenvalue weighted by atomic mass is 9.82. The maximum absolute atomic E-state index is 15.0. The fourth-order valence-corrected chi connectivity index (χ4v) is 8.71. The molecule has 1 aliphatic heterocycles. The minimum absolute atomic E-state index is 0.0473. The smallest absolute Gasteiger partial charge is 0.410 e. The number of nitrogens with zero attached hydrogens (tertiary/aromatic N) is 3. The summed E-state index contributed by atoms with van der Waals surface area (Å²) in [5.74, 6) is -3.78. The van der Waals surface area contributed by atoms with Crippen molar-refractivity contribution >= 4 is 41.4 Å². The normalized spacial score (nSPS) is 21.5. The summed E-state index contributed by atoms with van der Waals surface area (Å²) in [6, 6.07) is 4.75. The summed E-state index contributed by atoms with van der Waals surface area (Å²) in [7, 11) is 3.14. The first-order chi connectivity index (χ1) is 27.2. The van der Waals surface area contributed by atoms with E-state index in [-0.39, 0.29) is 47.3 Å². The Bertz CT molecular complexity index is 1650. The number of carbonyl (C=O) groups excluding carboxylic acids is 7. The van der Waals surface area contributed by atoms with Crippen LogP contribution in [0.2, 0.25) is 0 Å². The number of ketones is 1. The molecule has 1 aromatic rings. The molecule has 0 spiro atoms. The van der Waals surface area contributed by atoms with Crippen molar-refractivity contribution in [3.8, 4) is 0 Å². The van der Waals surface area contributed by atoms with Gasteiger partial charge in [0, 0.05) is 27.2 Å². The van der Waals surface area contributed by atoms with Crippen LogP contribution in [0.15, 0.2) is 30.3 Å². The molecule has 3 fully saturated rings. The monoisotopic (exact) mass is 809 g/mol. The molecule has 6 atom stereocenters. The molecule has 6 amide bonds. The number of Topliss-reactive ketones (excluding diaryl/α,β-unsaturated/α-hetero) is 1. The number of likely N-dealkylation sites (N-methyl/N-ethyl adjacent to an activating group) is 1. The third kappa shape index (κ3) is 11.4. The zero-order valence-electron chi connectivity index (χ0n) is 36.4. The Morgan fingerprint density at radius 2 is 1.57 bits per heavy atom. The number of likely N-dealkylation sites (tertiary alicyclic amines) is 1. The highest BCUT2D eigenvalue weighted by molar-refractivity contribution is 6.38. The summed E-state index contributed by atoms with van der Waals surface area (Å²) in [4.78, 5) is 101. The topological polar surface area (TPSA) is 175 Å². The molecule has 1 unspecified atom stereocenters. The van der Waals surface area contributed by atoms with Gasteiger partial charge in [0.2, 0.25) is 29.4 Å². The van der Waals surface area contributed by atoms with Gasteiger partial charge in [0.25, 0.3) is 5.91 Å². The van der Waals surface area contributed by atoms with E-state index in [0.29, 0.717) is 31.5 Å².